The van der Waals surface area contributed by atoms with Crippen molar-refractivity contribution in [2.45, 2.75) is 51.9 Å². The SMILES string of the molecule is Cc1nc(C2CC2)c(C=O)c2c1OC(C)(C)OC2. The van der Waals surface area contributed by atoms with E-state index >= 15 is 0 Å². The van der Waals surface area contributed by atoms with Gasteiger partial charge in [0.15, 0.2) is 12.0 Å². The molecule has 1 aliphatic carbocycles. The van der Waals surface area contributed by atoms with Gasteiger partial charge in [0.05, 0.1) is 18.0 Å². The van der Waals surface area contributed by atoms with E-state index in [1.54, 1.807) is 0 Å². The summed E-state index contributed by atoms with van der Waals surface area (Å²) in [5.41, 5.74) is 3.31. The molecule has 0 spiro atoms. The first kappa shape index (κ1) is 11.7. The van der Waals surface area contributed by atoms with Gasteiger partial charge in [-0.1, -0.05) is 0 Å². The van der Waals surface area contributed by atoms with Gasteiger partial charge in [-0.3, -0.25) is 9.78 Å². The molecule has 1 aliphatic heterocycles. The van der Waals surface area contributed by atoms with Crippen LogP contribution in [-0.4, -0.2) is 17.1 Å². The molecular weight excluding hydrogens is 230 g/mol. The van der Waals surface area contributed by atoms with Crippen molar-refractivity contribution in [1.29, 1.82) is 0 Å². The van der Waals surface area contributed by atoms with E-state index in [9.17, 15) is 4.79 Å². The molecule has 2 aliphatic rings. The molecule has 4 heteroatoms. The summed E-state index contributed by atoms with van der Waals surface area (Å²) in [6.07, 6.45) is 3.14. The average Bonchev–Trinajstić information content (AvgIpc) is 3.12. The Labute approximate surface area is 106 Å². The summed E-state index contributed by atoms with van der Waals surface area (Å²) in [5.74, 6) is 0.516. The highest BCUT2D eigenvalue weighted by Gasteiger charge is 2.35. The highest BCUT2D eigenvalue weighted by Crippen LogP contribution is 2.44. The van der Waals surface area contributed by atoms with E-state index in [-0.39, 0.29) is 0 Å². The van der Waals surface area contributed by atoms with Crippen molar-refractivity contribution < 1.29 is 14.3 Å². The van der Waals surface area contributed by atoms with Crippen molar-refractivity contribution in [1.82, 2.24) is 4.98 Å². The Morgan fingerprint density at radius 3 is 2.72 bits per heavy atom. The zero-order valence-electron chi connectivity index (χ0n) is 10.9. The van der Waals surface area contributed by atoms with Crippen LogP contribution in [0.2, 0.25) is 0 Å². The second-order valence-electron chi connectivity index (χ2n) is 5.49. The molecule has 0 N–H and O–H groups in total. The lowest BCUT2D eigenvalue weighted by Crippen LogP contribution is -2.36. The summed E-state index contributed by atoms with van der Waals surface area (Å²) in [7, 11) is 0. The molecule has 0 atom stereocenters. The fourth-order valence-electron chi connectivity index (χ4n) is 2.39. The zero-order valence-corrected chi connectivity index (χ0v) is 10.9. The third-order valence-corrected chi connectivity index (χ3v) is 3.49. The van der Waals surface area contributed by atoms with E-state index in [0.29, 0.717) is 18.1 Å². The maximum Gasteiger partial charge on any atom is 0.205 e. The molecule has 2 heterocycles. The first-order valence-corrected chi connectivity index (χ1v) is 6.33. The van der Waals surface area contributed by atoms with Crippen molar-refractivity contribution in [3.8, 4) is 5.75 Å². The Hall–Kier alpha value is -1.42. The molecule has 3 rings (SSSR count). The van der Waals surface area contributed by atoms with Crippen molar-refractivity contribution in [3.05, 3.63) is 22.5 Å². The van der Waals surface area contributed by atoms with Crippen LogP contribution < -0.4 is 4.74 Å². The van der Waals surface area contributed by atoms with Crippen LogP contribution in [-0.2, 0) is 11.3 Å². The molecule has 0 saturated heterocycles. The Balaban J connectivity index is 2.15. The minimum absolute atomic E-state index is 0.416. The summed E-state index contributed by atoms with van der Waals surface area (Å²) in [5, 5.41) is 0. The number of carbonyl (C=O) groups excluding carboxylic acids is 1. The van der Waals surface area contributed by atoms with Crippen LogP contribution in [0.4, 0.5) is 0 Å². The number of fused-ring (bicyclic) bond motifs is 1. The summed E-state index contributed by atoms with van der Waals surface area (Å²) < 4.78 is 11.4. The van der Waals surface area contributed by atoms with E-state index in [2.05, 4.69) is 4.98 Å². The number of rotatable bonds is 2. The van der Waals surface area contributed by atoms with Crippen molar-refractivity contribution in [2.75, 3.05) is 0 Å². The number of aromatic nitrogens is 1. The van der Waals surface area contributed by atoms with Gasteiger partial charge in [-0.25, -0.2) is 0 Å². The Kier molecular flexibility index (Phi) is 2.45. The van der Waals surface area contributed by atoms with Gasteiger partial charge in [0.2, 0.25) is 5.79 Å². The fraction of sp³-hybridized carbons (Fsp3) is 0.571. The smallest absolute Gasteiger partial charge is 0.205 e. The van der Waals surface area contributed by atoms with Gasteiger partial charge < -0.3 is 9.47 Å². The molecule has 96 valence electrons. The molecule has 18 heavy (non-hydrogen) atoms. The second-order valence-corrected chi connectivity index (χ2v) is 5.49. The largest absolute Gasteiger partial charge is 0.461 e. The monoisotopic (exact) mass is 247 g/mol. The molecule has 0 bridgehead atoms. The second kappa shape index (κ2) is 3.79. The molecule has 1 saturated carbocycles. The van der Waals surface area contributed by atoms with Gasteiger partial charge in [0.25, 0.3) is 0 Å². The third kappa shape index (κ3) is 1.81. The Morgan fingerprint density at radius 2 is 2.11 bits per heavy atom. The zero-order chi connectivity index (χ0) is 12.9. The standard InChI is InChI=1S/C14H17NO3/c1-8-13-11(7-17-14(2,3)18-13)10(6-16)12(15-8)9-4-5-9/h6,9H,4-5,7H2,1-3H3. The van der Waals surface area contributed by atoms with Gasteiger partial charge in [-0.2, -0.15) is 0 Å². The van der Waals surface area contributed by atoms with Gasteiger partial charge in [0.1, 0.15) is 0 Å². The Bertz CT molecular complexity index is 518. The van der Waals surface area contributed by atoms with Crippen LogP contribution in [0.25, 0.3) is 0 Å². The van der Waals surface area contributed by atoms with Gasteiger partial charge >= 0.3 is 0 Å². The number of ether oxygens (including phenoxy) is 2. The molecule has 0 radical (unpaired) electrons. The number of carbonyl (C=O) groups is 1. The van der Waals surface area contributed by atoms with Crippen LogP contribution >= 0.6 is 0 Å². The average molecular weight is 247 g/mol. The summed E-state index contributed by atoms with van der Waals surface area (Å²) in [6.45, 7) is 6.08. The molecule has 0 amide bonds. The lowest BCUT2D eigenvalue weighted by Gasteiger charge is -2.34. The van der Waals surface area contributed by atoms with Crippen LogP contribution in [0.5, 0.6) is 5.75 Å². The lowest BCUT2D eigenvalue weighted by atomic mass is 10.0. The van der Waals surface area contributed by atoms with E-state index < -0.39 is 5.79 Å². The molecule has 4 nitrogen and oxygen atoms in total. The third-order valence-electron chi connectivity index (χ3n) is 3.49. The first-order valence-electron chi connectivity index (χ1n) is 6.33. The van der Waals surface area contributed by atoms with E-state index in [1.807, 2.05) is 20.8 Å². The highest BCUT2D eigenvalue weighted by atomic mass is 16.7. The van der Waals surface area contributed by atoms with Crippen LogP contribution in [0.1, 0.15) is 59.9 Å². The van der Waals surface area contributed by atoms with Gasteiger partial charge in [-0.05, 0) is 19.8 Å². The predicted octanol–water partition coefficient (Wildman–Crippen LogP) is 2.73. The molecule has 1 aromatic heterocycles. The topological polar surface area (TPSA) is 48.4 Å². The van der Waals surface area contributed by atoms with Crippen LogP contribution in [0.15, 0.2) is 0 Å². The summed E-state index contributed by atoms with van der Waals surface area (Å²) in [6, 6.07) is 0. The maximum atomic E-state index is 11.4. The number of aldehydes is 1. The maximum absolute atomic E-state index is 11.4. The molecule has 1 fully saturated rings. The fourth-order valence-corrected chi connectivity index (χ4v) is 2.39. The number of hydrogen-bond acceptors (Lipinski definition) is 4. The van der Waals surface area contributed by atoms with Crippen LogP contribution in [0, 0.1) is 6.92 Å². The molecule has 1 aromatic rings. The summed E-state index contributed by atoms with van der Waals surface area (Å²) >= 11 is 0. The van der Waals surface area contributed by atoms with Gasteiger partial charge in [-0.15, -0.1) is 0 Å². The van der Waals surface area contributed by atoms with Crippen molar-refractivity contribution in [2.24, 2.45) is 0 Å². The molecular formula is C14H17NO3. The predicted molar refractivity (Wildman–Crippen MR) is 65.8 cm³/mol. The number of hydrogen-bond donors (Lipinski definition) is 0. The molecule has 0 aromatic carbocycles. The lowest BCUT2D eigenvalue weighted by molar-refractivity contribution is -0.180. The van der Waals surface area contributed by atoms with E-state index in [4.69, 9.17) is 9.47 Å². The van der Waals surface area contributed by atoms with Crippen molar-refractivity contribution >= 4 is 6.29 Å². The number of aryl methyl sites for hydroxylation is 1. The minimum atomic E-state index is -0.652. The van der Waals surface area contributed by atoms with Crippen LogP contribution in [0.3, 0.4) is 0 Å². The number of nitrogens with zero attached hydrogens (tertiary/aromatic N) is 1. The summed E-state index contributed by atoms with van der Waals surface area (Å²) in [4.78, 5) is 15.9. The highest BCUT2D eigenvalue weighted by molar-refractivity contribution is 5.81. The Morgan fingerprint density at radius 1 is 1.39 bits per heavy atom. The quantitative estimate of drug-likeness (QED) is 0.754. The normalized spacial score (nSPS) is 21.1. The first-order chi connectivity index (χ1) is 8.52. The van der Waals surface area contributed by atoms with E-state index in [1.165, 1.54) is 0 Å². The molecule has 0 unspecified atom stereocenters. The minimum Gasteiger partial charge on any atom is -0.461 e. The van der Waals surface area contributed by atoms with Gasteiger partial charge in [0, 0.05) is 30.9 Å². The van der Waals surface area contributed by atoms with E-state index in [0.717, 1.165) is 41.8 Å². The number of pyridine rings is 1. The van der Waals surface area contributed by atoms with Crippen molar-refractivity contribution in [3.63, 3.8) is 0 Å².